The molecule has 0 saturated carbocycles. The van der Waals surface area contributed by atoms with Crippen LogP contribution < -0.4 is 10.1 Å². The Morgan fingerprint density at radius 2 is 1.89 bits per heavy atom. The molecule has 3 N–H and O–H groups in total. The normalized spacial score (nSPS) is 21.6. The molecule has 4 rings (SSSR count). The molecule has 0 radical (unpaired) electrons. The lowest BCUT2D eigenvalue weighted by Gasteiger charge is -2.23. The van der Waals surface area contributed by atoms with Gasteiger partial charge in [0.25, 0.3) is 10.1 Å². The Morgan fingerprint density at radius 3 is 2.51 bits per heavy atom. The van der Waals surface area contributed by atoms with E-state index in [1.54, 1.807) is 41.3 Å². The monoisotopic (exact) mass is 501 g/mol. The van der Waals surface area contributed by atoms with Crippen LogP contribution in [0.5, 0.6) is 11.5 Å². The SMILES string of the molecule is Cc1ccc(S(=O)(=O)O)cc1.N#C[C@@H]1CCCN1C(=O)[C@@H]1C[C@H](CCOc2ccc(O)cc2)CN1. The number of nitrogens with zero attached hydrogens (tertiary/aromatic N) is 2. The molecule has 1 amide bonds. The molecule has 188 valence electrons. The van der Waals surface area contributed by atoms with E-state index >= 15 is 0 Å². The Kier molecular flexibility index (Phi) is 9.09. The molecule has 2 heterocycles. The number of hydrogen-bond acceptors (Lipinski definition) is 7. The Bertz CT molecular complexity index is 1130. The van der Waals surface area contributed by atoms with E-state index in [1.807, 2.05) is 6.92 Å². The summed E-state index contributed by atoms with van der Waals surface area (Å²) in [5.74, 6) is 1.43. The number of phenolic OH excluding ortho intramolecular Hbond substituents is 1. The molecule has 2 aromatic rings. The second-order valence-corrected chi connectivity index (χ2v) is 10.2. The highest BCUT2D eigenvalue weighted by Crippen LogP contribution is 2.24. The number of benzene rings is 2. The van der Waals surface area contributed by atoms with Crippen LogP contribution in [-0.4, -0.2) is 60.7 Å². The van der Waals surface area contributed by atoms with Gasteiger partial charge in [-0.15, -0.1) is 0 Å². The quantitative estimate of drug-likeness (QED) is 0.513. The van der Waals surface area contributed by atoms with Gasteiger partial charge in [-0.1, -0.05) is 17.7 Å². The summed E-state index contributed by atoms with van der Waals surface area (Å²) in [5.41, 5.74) is 0.956. The fraction of sp³-hybridized carbons (Fsp3) is 0.440. The molecule has 0 aromatic heterocycles. The van der Waals surface area contributed by atoms with Crippen molar-refractivity contribution in [2.75, 3.05) is 19.7 Å². The van der Waals surface area contributed by atoms with Crippen LogP contribution in [0.25, 0.3) is 0 Å². The van der Waals surface area contributed by atoms with Gasteiger partial charge in [-0.05, 0) is 81.5 Å². The first-order valence-electron chi connectivity index (χ1n) is 11.6. The van der Waals surface area contributed by atoms with E-state index in [2.05, 4.69) is 11.4 Å². The minimum atomic E-state index is -4.02. The third-order valence-corrected chi connectivity index (χ3v) is 7.02. The van der Waals surface area contributed by atoms with Crippen molar-refractivity contribution in [1.82, 2.24) is 10.2 Å². The standard InChI is InChI=1S/C18H23N3O3.C7H8O3S/c19-11-14-2-1-8-21(14)18(23)17-10-13(12-20-17)7-9-24-16-5-3-15(22)4-6-16;1-6-2-4-7(5-3-6)11(8,9)10/h3-6,13-14,17,20,22H,1-2,7-10,12H2;2-5H,1H3,(H,8,9,10)/t13-,14-,17-;/m0./s1. The number of hydrogen-bond donors (Lipinski definition) is 3. The van der Waals surface area contributed by atoms with Crippen LogP contribution >= 0.6 is 0 Å². The topological polar surface area (TPSA) is 140 Å². The Hall–Kier alpha value is -3.13. The second-order valence-electron chi connectivity index (χ2n) is 8.80. The first kappa shape index (κ1) is 26.5. The molecular weight excluding hydrogens is 470 g/mol. The predicted molar refractivity (Wildman–Crippen MR) is 129 cm³/mol. The number of aryl methyl sites for hydroxylation is 1. The number of carbonyl (C=O) groups excluding carboxylic acids is 1. The van der Waals surface area contributed by atoms with Gasteiger partial charge in [0.1, 0.15) is 17.5 Å². The molecule has 10 heteroatoms. The second kappa shape index (κ2) is 12.0. The third-order valence-electron chi connectivity index (χ3n) is 6.16. The third kappa shape index (κ3) is 7.68. The molecule has 2 aliphatic heterocycles. The molecule has 9 nitrogen and oxygen atoms in total. The van der Waals surface area contributed by atoms with E-state index in [0.29, 0.717) is 19.1 Å². The average molecular weight is 502 g/mol. The van der Waals surface area contributed by atoms with Gasteiger partial charge in [0.2, 0.25) is 5.91 Å². The first-order valence-corrected chi connectivity index (χ1v) is 13.0. The van der Waals surface area contributed by atoms with Crippen molar-refractivity contribution >= 4 is 16.0 Å². The van der Waals surface area contributed by atoms with Crippen LogP contribution in [0.4, 0.5) is 0 Å². The van der Waals surface area contributed by atoms with Crippen LogP contribution in [0.2, 0.25) is 0 Å². The van der Waals surface area contributed by atoms with Crippen LogP contribution in [0, 0.1) is 24.2 Å². The number of likely N-dealkylation sites (tertiary alicyclic amines) is 1. The van der Waals surface area contributed by atoms with Gasteiger partial charge in [-0.2, -0.15) is 13.7 Å². The summed E-state index contributed by atoms with van der Waals surface area (Å²) < 4.78 is 35.2. The van der Waals surface area contributed by atoms with Crippen LogP contribution in [0.3, 0.4) is 0 Å². The van der Waals surface area contributed by atoms with E-state index in [9.17, 15) is 18.3 Å². The van der Waals surface area contributed by atoms with Crippen LogP contribution in [0.1, 0.15) is 31.2 Å². The molecule has 2 saturated heterocycles. The van der Waals surface area contributed by atoms with Crippen LogP contribution in [-0.2, 0) is 14.9 Å². The fourth-order valence-corrected chi connectivity index (χ4v) is 4.66. The van der Waals surface area contributed by atoms with E-state index in [1.165, 1.54) is 12.1 Å². The van der Waals surface area contributed by atoms with E-state index in [4.69, 9.17) is 14.6 Å². The molecule has 0 unspecified atom stereocenters. The van der Waals surface area contributed by atoms with Crippen molar-refractivity contribution in [1.29, 1.82) is 5.26 Å². The molecule has 0 spiro atoms. The number of nitrogens with one attached hydrogen (secondary N) is 1. The number of rotatable bonds is 6. The average Bonchev–Trinajstić information content (AvgIpc) is 3.50. The van der Waals surface area contributed by atoms with Crippen molar-refractivity contribution in [3.05, 3.63) is 54.1 Å². The maximum atomic E-state index is 12.5. The summed E-state index contributed by atoms with van der Waals surface area (Å²) in [7, 11) is -4.02. The van der Waals surface area contributed by atoms with Crippen molar-refractivity contribution < 1.29 is 27.6 Å². The number of ether oxygens (including phenoxy) is 1. The minimum Gasteiger partial charge on any atom is -0.508 e. The van der Waals surface area contributed by atoms with Gasteiger partial charge in [0.15, 0.2) is 0 Å². The summed E-state index contributed by atoms with van der Waals surface area (Å²) in [6.45, 7) is 3.93. The Balaban J connectivity index is 0.000000261. The molecule has 0 aliphatic carbocycles. The molecule has 3 atom stereocenters. The van der Waals surface area contributed by atoms with Crippen molar-refractivity contribution in [3.63, 3.8) is 0 Å². The zero-order valence-electron chi connectivity index (χ0n) is 19.6. The molecule has 2 aromatic carbocycles. The highest BCUT2D eigenvalue weighted by Gasteiger charge is 2.36. The van der Waals surface area contributed by atoms with E-state index < -0.39 is 10.1 Å². The van der Waals surface area contributed by atoms with Gasteiger partial charge in [0.05, 0.1) is 23.6 Å². The lowest BCUT2D eigenvalue weighted by atomic mass is 10.0. The maximum absolute atomic E-state index is 12.5. The zero-order valence-corrected chi connectivity index (χ0v) is 20.4. The fourth-order valence-electron chi connectivity index (χ4n) is 4.18. The molecule has 2 aliphatic rings. The molecule has 35 heavy (non-hydrogen) atoms. The molecule has 2 fully saturated rings. The van der Waals surface area contributed by atoms with Crippen molar-refractivity contribution in [2.24, 2.45) is 5.92 Å². The summed E-state index contributed by atoms with van der Waals surface area (Å²) >= 11 is 0. The number of nitriles is 1. The Labute approximate surface area is 206 Å². The van der Waals surface area contributed by atoms with Gasteiger partial charge >= 0.3 is 0 Å². The maximum Gasteiger partial charge on any atom is 0.294 e. The highest BCUT2D eigenvalue weighted by molar-refractivity contribution is 7.85. The number of carbonyl (C=O) groups is 1. The minimum absolute atomic E-state index is 0.0666. The summed E-state index contributed by atoms with van der Waals surface area (Å²) in [6, 6.07) is 14.5. The summed E-state index contributed by atoms with van der Waals surface area (Å²) in [6.07, 6.45) is 3.38. The number of amides is 1. The molecule has 0 bridgehead atoms. The lowest BCUT2D eigenvalue weighted by molar-refractivity contribution is -0.133. The van der Waals surface area contributed by atoms with Gasteiger partial charge in [0, 0.05) is 6.54 Å². The van der Waals surface area contributed by atoms with E-state index in [0.717, 1.165) is 43.5 Å². The summed E-state index contributed by atoms with van der Waals surface area (Å²) in [5, 5.41) is 21.7. The van der Waals surface area contributed by atoms with Gasteiger partial charge < -0.3 is 20.1 Å². The van der Waals surface area contributed by atoms with E-state index in [-0.39, 0.29) is 28.6 Å². The number of aromatic hydroxyl groups is 1. The highest BCUT2D eigenvalue weighted by atomic mass is 32.2. The summed E-state index contributed by atoms with van der Waals surface area (Å²) in [4.78, 5) is 14.2. The van der Waals surface area contributed by atoms with Gasteiger partial charge in [-0.3, -0.25) is 9.35 Å². The number of phenols is 1. The first-order chi connectivity index (χ1) is 16.7. The van der Waals surface area contributed by atoms with Gasteiger partial charge in [-0.25, -0.2) is 0 Å². The van der Waals surface area contributed by atoms with Crippen LogP contribution in [0.15, 0.2) is 53.4 Å². The Morgan fingerprint density at radius 1 is 1.20 bits per heavy atom. The smallest absolute Gasteiger partial charge is 0.294 e. The predicted octanol–water partition coefficient (Wildman–Crippen LogP) is 2.90. The van der Waals surface area contributed by atoms with Crippen molar-refractivity contribution in [2.45, 2.75) is 49.6 Å². The zero-order chi connectivity index (χ0) is 25.4. The largest absolute Gasteiger partial charge is 0.508 e. The van der Waals surface area contributed by atoms with Crippen molar-refractivity contribution in [3.8, 4) is 17.6 Å². The lowest BCUT2D eigenvalue weighted by Crippen LogP contribution is -2.45. The molecular formula is C25H31N3O6S.